The molecule has 0 aromatic heterocycles. The molecule has 0 atom stereocenters. The van der Waals surface area contributed by atoms with Gasteiger partial charge in [0.25, 0.3) is 0 Å². The van der Waals surface area contributed by atoms with Gasteiger partial charge in [0.15, 0.2) is 11.5 Å². The van der Waals surface area contributed by atoms with Crippen molar-refractivity contribution in [3.05, 3.63) is 52.5 Å². The molecule has 0 bridgehead atoms. The molecule has 0 amide bonds. The summed E-state index contributed by atoms with van der Waals surface area (Å²) in [7, 11) is 4.15. The molecule has 0 aliphatic heterocycles. The Hall–Kier alpha value is -2.73. The molecule has 0 saturated carbocycles. The first-order valence-electron chi connectivity index (χ1n) is 6.82. The quantitative estimate of drug-likeness (QED) is 0.608. The van der Waals surface area contributed by atoms with E-state index in [4.69, 9.17) is 25.8 Å². The zero-order chi connectivity index (χ0) is 17.7. The van der Waals surface area contributed by atoms with E-state index in [1.807, 2.05) is 0 Å². The molecule has 126 valence electrons. The Balaban J connectivity index is 2.30. The third kappa shape index (κ3) is 3.78. The van der Waals surface area contributed by atoms with Crippen LogP contribution in [0.25, 0.3) is 0 Å². The van der Waals surface area contributed by atoms with Crippen molar-refractivity contribution in [2.24, 2.45) is 0 Å². The lowest BCUT2D eigenvalue weighted by molar-refractivity contribution is 0.0600. The smallest absolute Gasteiger partial charge is 0.343 e. The van der Waals surface area contributed by atoms with Crippen LogP contribution in [-0.2, 0) is 4.74 Å². The fraction of sp³-hybridized carbons (Fsp3) is 0.176. The molecule has 0 saturated heterocycles. The Labute approximate surface area is 143 Å². The van der Waals surface area contributed by atoms with Crippen molar-refractivity contribution in [1.29, 1.82) is 0 Å². The highest BCUT2D eigenvalue weighted by atomic mass is 35.5. The monoisotopic (exact) mass is 350 g/mol. The maximum absolute atomic E-state index is 12.2. The van der Waals surface area contributed by atoms with Crippen LogP contribution in [0, 0.1) is 0 Å². The van der Waals surface area contributed by atoms with Gasteiger partial charge in [-0.2, -0.15) is 0 Å². The molecule has 0 unspecified atom stereocenters. The molecule has 0 N–H and O–H groups in total. The van der Waals surface area contributed by atoms with Crippen LogP contribution < -0.4 is 14.2 Å². The number of hydrogen-bond acceptors (Lipinski definition) is 6. The maximum atomic E-state index is 12.2. The molecular formula is C17H15ClO6. The van der Waals surface area contributed by atoms with Crippen molar-refractivity contribution in [3.63, 3.8) is 0 Å². The molecule has 0 radical (unpaired) electrons. The van der Waals surface area contributed by atoms with Gasteiger partial charge in [0.05, 0.1) is 37.5 Å². The van der Waals surface area contributed by atoms with Crippen molar-refractivity contribution in [1.82, 2.24) is 0 Å². The van der Waals surface area contributed by atoms with Gasteiger partial charge in [0.2, 0.25) is 0 Å². The van der Waals surface area contributed by atoms with Gasteiger partial charge in [-0.3, -0.25) is 0 Å². The minimum Gasteiger partial charge on any atom is -0.497 e. The number of rotatable bonds is 5. The minimum atomic E-state index is -0.622. The van der Waals surface area contributed by atoms with E-state index < -0.39 is 11.9 Å². The summed E-state index contributed by atoms with van der Waals surface area (Å²) >= 11 is 6.11. The molecule has 0 aliphatic carbocycles. The molecule has 7 heteroatoms. The van der Waals surface area contributed by atoms with Crippen LogP contribution >= 0.6 is 11.6 Å². The topological polar surface area (TPSA) is 71.1 Å². The lowest BCUT2D eigenvalue weighted by Crippen LogP contribution is -2.10. The summed E-state index contributed by atoms with van der Waals surface area (Å²) in [5.74, 6) is -0.422. The molecule has 2 aromatic carbocycles. The zero-order valence-corrected chi connectivity index (χ0v) is 14.0. The van der Waals surface area contributed by atoms with Crippen molar-refractivity contribution in [2.45, 2.75) is 0 Å². The predicted octanol–water partition coefficient (Wildman–Crippen LogP) is 3.36. The second-order valence-corrected chi connectivity index (χ2v) is 5.01. The van der Waals surface area contributed by atoms with Crippen molar-refractivity contribution in [2.75, 3.05) is 21.3 Å². The summed E-state index contributed by atoms with van der Waals surface area (Å²) in [5.41, 5.74) is 0.495. The average Bonchev–Trinajstić information content (AvgIpc) is 2.62. The molecule has 0 aliphatic rings. The highest BCUT2D eigenvalue weighted by Crippen LogP contribution is 2.37. The van der Waals surface area contributed by atoms with E-state index in [1.165, 1.54) is 33.5 Å². The third-order valence-corrected chi connectivity index (χ3v) is 3.45. The number of esters is 2. The lowest BCUT2D eigenvalue weighted by atomic mass is 10.2. The van der Waals surface area contributed by atoms with Crippen molar-refractivity contribution >= 4 is 23.5 Å². The average molecular weight is 351 g/mol. The Morgan fingerprint density at radius 1 is 0.875 bits per heavy atom. The summed E-state index contributed by atoms with van der Waals surface area (Å²) in [6.45, 7) is 0. The van der Waals surface area contributed by atoms with Crippen LogP contribution in [0.3, 0.4) is 0 Å². The van der Waals surface area contributed by atoms with Gasteiger partial charge >= 0.3 is 11.9 Å². The van der Waals surface area contributed by atoms with Gasteiger partial charge in [-0.15, -0.1) is 0 Å². The van der Waals surface area contributed by atoms with Gasteiger partial charge in [0.1, 0.15) is 5.75 Å². The minimum absolute atomic E-state index is 0.0210. The fourth-order valence-electron chi connectivity index (χ4n) is 1.93. The third-order valence-electron chi connectivity index (χ3n) is 3.17. The van der Waals surface area contributed by atoms with Crippen LogP contribution in [0.1, 0.15) is 20.7 Å². The molecule has 2 rings (SSSR count). The number of halogens is 1. The van der Waals surface area contributed by atoms with Crippen molar-refractivity contribution in [3.8, 4) is 17.2 Å². The predicted molar refractivity (Wildman–Crippen MR) is 87.3 cm³/mol. The van der Waals surface area contributed by atoms with Crippen LogP contribution in [0.15, 0.2) is 36.4 Å². The highest BCUT2D eigenvalue weighted by Gasteiger charge is 2.19. The van der Waals surface area contributed by atoms with E-state index >= 15 is 0 Å². The number of carbonyl (C=O) groups is 2. The fourth-order valence-corrected chi connectivity index (χ4v) is 2.18. The molecule has 0 fully saturated rings. The van der Waals surface area contributed by atoms with Crippen LogP contribution in [0.5, 0.6) is 17.2 Å². The van der Waals surface area contributed by atoms with E-state index in [9.17, 15) is 9.59 Å². The van der Waals surface area contributed by atoms with Gasteiger partial charge < -0.3 is 18.9 Å². The number of hydrogen-bond donors (Lipinski definition) is 0. The van der Waals surface area contributed by atoms with Gasteiger partial charge in [-0.1, -0.05) is 11.6 Å². The standard InChI is InChI=1S/C17H15ClO6/c1-21-12-6-4-10(5-7-12)17(20)24-15-13(18)8-11(16(19)23-3)9-14(15)22-2/h4-9H,1-3H3. The van der Waals surface area contributed by atoms with Crippen LogP contribution in [0.4, 0.5) is 0 Å². The van der Waals surface area contributed by atoms with E-state index in [-0.39, 0.29) is 22.1 Å². The number of ether oxygens (including phenoxy) is 4. The maximum Gasteiger partial charge on any atom is 0.343 e. The highest BCUT2D eigenvalue weighted by molar-refractivity contribution is 6.32. The lowest BCUT2D eigenvalue weighted by Gasteiger charge is -2.12. The largest absolute Gasteiger partial charge is 0.497 e. The van der Waals surface area contributed by atoms with E-state index in [2.05, 4.69) is 4.74 Å². The van der Waals surface area contributed by atoms with Gasteiger partial charge in [-0.25, -0.2) is 9.59 Å². The number of benzene rings is 2. The second-order valence-electron chi connectivity index (χ2n) is 4.60. The summed E-state index contributed by atoms with van der Waals surface area (Å²) in [6, 6.07) is 9.11. The van der Waals surface area contributed by atoms with E-state index in [1.54, 1.807) is 24.3 Å². The Morgan fingerprint density at radius 3 is 2.08 bits per heavy atom. The Bertz CT molecular complexity index is 754. The molecule has 0 spiro atoms. The van der Waals surface area contributed by atoms with Crippen molar-refractivity contribution < 1.29 is 28.5 Å². The van der Waals surface area contributed by atoms with E-state index in [0.717, 1.165) is 0 Å². The van der Waals surface area contributed by atoms with Gasteiger partial charge in [0, 0.05) is 0 Å². The number of carbonyl (C=O) groups excluding carboxylic acids is 2. The first-order valence-corrected chi connectivity index (χ1v) is 7.20. The molecule has 6 nitrogen and oxygen atoms in total. The first-order chi connectivity index (χ1) is 11.5. The van der Waals surface area contributed by atoms with E-state index in [0.29, 0.717) is 11.3 Å². The molecule has 0 heterocycles. The van der Waals surface area contributed by atoms with Gasteiger partial charge in [-0.05, 0) is 36.4 Å². The molecule has 2 aromatic rings. The Morgan fingerprint density at radius 2 is 1.54 bits per heavy atom. The molecular weight excluding hydrogens is 336 g/mol. The Kier molecular flexibility index (Phi) is 5.65. The SMILES string of the molecule is COC(=O)c1cc(Cl)c(OC(=O)c2ccc(OC)cc2)c(OC)c1. The summed E-state index contributed by atoms with van der Waals surface area (Å²) in [4.78, 5) is 23.8. The normalized spacial score (nSPS) is 10.0. The van der Waals surface area contributed by atoms with Crippen LogP contribution in [0.2, 0.25) is 5.02 Å². The summed E-state index contributed by atoms with van der Waals surface area (Å²) in [5, 5.41) is 0.0524. The first kappa shape index (κ1) is 17.6. The summed E-state index contributed by atoms with van der Waals surface area (Å²) in [6.07, 6.45) is 0. The summed E-state index contributed by atoms with van der Waals surface area (Å²) < 4.78 is 20.1. The number of methoxy groups -OCH3 is 3. The zero-order valence-electron chi connectivity index (χ0n) is 13.3. The second kappa shape index (κ2) is 7.70. The molecule has 24 heavy (non-hydrogen) atoms. The van der Waals surface area contributed by atoms with Crippen LogP contribution in [-0.4, -0.2) is 33.3 Å².